The molecule has 4 aromatic carbocycles. The molecule has 4 aromatic rings. The van der Waals surface area contributed by atoms with Crippen molar-refractivity contribution < 1.29 is 0 Å². The molecule has 0 bridgehead atoms. The molecule has 1 heteroatoms. The molecular formula is C30H27N. The molecule has 1 aliphatic heterocycles. The fourth-order valence-corrected chi connectivity index (χ4v) is 5.02. The van der Waals surface area contributed by atoms with E-state index in [4.69, 9.17) is 4.99 Å². The molecule has 0 saturated heterocycles. The summed E-state index contributed by atoms with van der Waals surface area (Å²) in [6.07, 6.45) is 0. The number of hydrogen-bond acceptors (Lipinski definition) is 1. The van der Waals surface area contributed by atoms with Crippen LogP contribution in [0.4, 0.5) is 0 Å². The van der Waals surface area contributed by atoms with Crippen molar-refractivity contribution in [3.8, 4) is 0 Å². The van der Waals surface area contributed by atoms with Gasteiger partial charge < -0.3 is 0 Å². The normalized spacial score (nSPS) is 14.3. The molecule has 0 aliphatic carbocycles. The molecule has 1 heterocycles. The average Bonchev–Trinajstić information content (AvgIpc) is 3.15. The van der Waals surface area contributed by atoms with Crippen LogP contribution in [-0.4, -0.2) is 5.71 Å². The maximum atomic E-state index is 5.62. The Morgan fingerprint density at radius 1 is 0.581 bits per heavy atom. The highest BCUT2D eigenvalue weighted by Gasteiger charge is 2.43. The van der Waals surface area contributed by atoms with Gasteiger partial charge in [-0.25, -0.2) is 0 Å². The van der Waals surface area contributed by atoms with Gasteiger partial charge in [-0.15, -0.1) is 0 Å². The molecule has 0 amide bonds. The van der Waals surface area contributed by atoms with E-state index in [2.05, 4.69) is 119 Å². The van der Waals surface area contributed by atoms with E-state index < -0.39 is 5.54 Å². The Kier molecular flexibility index (Phi) is 4.63. The molecule has 0 fully saturated rings. The van der Waals surface area contributed by atoms with Gasteiger partial charge in [0.15, 0.2) is 0 Å². The van der Waals surface area contributed by atoms with E-state index in [1.807, 2.05) is 0 Å². The van der Waals surface area contributed by atoms with Crippen molar-refractivity contribution in [2.75, 3.05) is 0 Å². The Labute approximate surface area is 185 Å². The minimum Gasteiger partial charge on any atom is -0.263 e. The number of nitrogens with zero attached hydrogens (tertiary/aromatic N) is 1. The van der Waals surface area contributed by atoms with Gasteiger partial charge in [-0.2, -0.15) is 0 Å². The van der Waals surface area contributed by atoms with Crippen LogP contribution >= 0.6 is 0 Å². The molecule has 0 radical (unpaired) electrons. The monoisotopic (exact) mass is 401 g/mol. The minimum atomic E-state index is -0.551. The first-order chi connectivity index (χ1) is 15.0. The molecule has 0 unspecified atom stereocenters. The first-order valence-corrected chi connectivity index (χ1v) is 10.9. The van der Waals surface area contributed by atoms with Gasteiger partial charge in [-0.3, -0.25) is 4.99 Å². The molecule has 0 aromatic heterocycles. The van der Waals surface area contributed by atoms with Crippen molar-refractivity contribution in [3.05, 3.63) is 141 Å². The van der Waals surface area contributed by atoms with Gasteiger partial charge in [0.2, 0.25) is 0 Å². The lowest BCUT2D eigenvalue weighted by Gasteiger charge is -2.29. The summed E-state index contributed by atoms with van der Waals surface area (Å²) in [6.45, 7) is 8.86. The van der Waals surface area contributed by atoms with Crippen molar-refractivity contribution in [1.29, 1.82) is 0 Å². The Hall–Kier alpha value is -3.45. The van der Waals surface area contributed by atoms with Gasteiger partial charge in [0, 0.05) is 11.1 Å². The van der Waals surface area contributed by atoms with Crippen LogP contribution in [0.3, 0.4) is 0 Å². The SMILES string of the molecule is Cc1cc(C)c(C)c(C2=NC(c3ccccc3)(c3ccccc3)c3ccccc32)c1C. The Morgan fingerprint density at radius 3 is 1.61 bits per heavy atom. The summed E-state index contributed by atoms with van der Waals surface area (Å²) in [5.74, 6) is 0. The second-order valence-electron chi connectivity index (χ2n) is 8.58. The van der Waals surface area contributed by atoms with Gasteiger partial charge >= 0.3 is 0 Å². The maximum absolute atomic E-state index is 5.62. The lowest BCUT2D eigenvalue weighted by molar-refractivity contribution is 0.672. The number of hydrogen-bond donors (Lipinski definition) is 0. The zero-order valence-corrected chi connectivity index (χ0v) is 18.6. The summed E-state index contributed by atoms with van der Waals surface area (Å²) < 4.78 is 0. The van der Waals surface area contributed by atoms with Crippen LogP contribution in [0.25, 0.3) is 0 Å². The molecule has 0 atom stereocenters. The maximum Gasteiger partial charge on any atom is 0.137 e. The van der Waals surface area contributed by atoms with E-state index in [0.717, 1.165) is 5.71 Å². The van der Waals surface area contributed by atoms with Crippen LogP contribution in [0, 0.1) is 27.7 Å². The third-order valence-electron chi connectivity index (χ3n) is 6.84. The highest BCUT2D eigenvalue weighted by Crippen LogP contribution is 2.47. The highest BCUT2D eigenvalue weighted by molar-refractivity contribution is 6.18. The third kappa shape index (κ3) is 2.88. The van der Waals surface area contributed by atoms with Crippen molar-refractivity contribution in [1.82, 2.24) is 0 Å². The minimum absolute atomic E-state index is 0.551. The molecule has 0 spiro atoms. The Balaban J connectivity index is 1.92. The van der Waals surface area contributed by atoms with Crippen molar-refractivity contribution in [3.63, 3.8) is 0 Å². The van der Waals surface area contributed by atoms with Crippen LogP contribution in [0.15, 0.2) is 96.0 Å². The quantitative estimate of drug-likeness (QED) is 0.348. The summed E-state index contributed by atoms with van der Waals surface area (Å²) in [7, 11) is 0. The molecule has 0 N–H and O–H groups in total. The van der Waals surface area contributed by atoms with Gasteiger partial charge in [0.1, 0.15) is 5.54 Å². The van der Waals surface area contributed by atoms with Gasteiger partial charge in [0.25, 0.3) is 0 Å². The summed E-state index contributed by atoms with van der Waals surface area (Å²) in [4.78, 5) is 5.62. The van der Waals surface area contributed by atoms with Gasteiger partial charge in [-0.1, -0.05) is 91.0 Å². The largest absolute Gasteiger partial charge is 0.263 e. The van der Waals surface area contributed by atoms with Crippen LogP contribution in [-0.2, 0) is 5.54 Å². The molecule has 152 valence electrons. The fraction of sp³-hybridized carbons (Fsp3) is 0.167. The van der Waals surface area contributed by atoms with Crippen molar-refractivity contribution >= 4 is 5.71 Å². The van der Waals surface area contributed by atoms with Crippen LogP contribution in [0.1, 0.15) is 50.1 Å². The molecule has 0 saturated carbocycles. The van der Waals surface area contributed by atoms with E-state index in [0.29, 0.717) is 0 Å². The number of rotatable bonds is 3. The average molecular weight is 402 g/mol. The number of benzene rings is 4. The van der Waals surface area contributed by atoms with Crippen molar-refractivity contribution in [2.24, 2.45) is 4.99 Å². The van der Waals surface area contributed by atoms with Gasteiger partial charge in [0.05, 0.1) is 5.71 Å². The van der Waals surface area contributed by atoms with Crippen LogP contribution in [0.5, 0.6) is 0 Å². The summed E-state index contributed by atoms with van der Waals surface area (Å²) >= 11 is 0. The summed E-state index contributed by atoms with van der Waals surface area (Å²) in [5.41, 5.74) is 12.0. The highest BCUT2D eigenvalue weighted by atomic mass is 14.9. The molecule has 1 aliphatic rings. The molecule has 1 nitrogen and oxygen atoms in total. The van der Waals surface area contributed by atoms with Gasteiger partial charge in [-0.05, 0) is 66.6 Å². The summed E-state index contributed by atoms with van der Waals surface area (Å²) in [5, 5.41) is 0. The lowest BCUT2D eigenvalue weighted by Crippen LogP contribution is -2.25. The van der Waals surface area contributed by atoms with E-state index in [1.165, 1.54) is 50.1 Å². The van der Waals surface area contributed by atoms with Crippen molar-refractivity contribution in [2.45, 2.75) is 33.2 Å². The first kappa shape index (κ1) is 19.5. The lowest BCUT2D eigenvalue weighted by atomic mass is 9.77. The molecular weight excluding hydrogens is 374 g/mol. The fourth-order valence-electron chi connectivity index (χ4n) is 5.02. The topological polar surface area (TPSA) is 12.4 Å². The number of fused-ring (bicyclic) bond motifs is 1. The first-order valence-electron chi connectivity index (χ1n) is 10.9. The Morgan fingerprint density at radius 2 is 1.06 bits per heavy atom. The van der Waals surface area contributed by atoms with E-state index in [-0.39, 0.29) is 0 Å². The summed E-state index contributed by atoms with van der Waals surface area (Å²) in [6, 6.07) is 32.5. The van der Waals surface area contributed by atoms with Crippen LogP contribution < -0.4 is 0 Å². The van der Waals surface area contributed by atoms with Crippen LogP contribution in [0.2, 0.25) is 0 Å². The Bertz CT molecular complexity index is 1230. The predicted molar refractivity (Wildman–Crippen MR) is 130 cm³/mol. The predicted octanol–water partition coefficient (Wildman–Crippen LogP) is 7.06. The second kappa shape index (κ2) is 7.35. The second-order valence-corrected chi connectivity index (χ2v) is 8.58. The zero-order chi connectivity index (χ0) is 21.6. The van der Waals surface area contributed by atoms with E-state index in [9.17, 15) is 0 Å². The van der Waals surface area contributed by atoms with E-state index in [1.54, 1.807) is 0 Å². The third-order valence-corrected chi connectivity index (χ3v) is 6.84. The standard InChI is InChI=1S/C30H27N/c1-20-19-21(2)23(4)28(22(20)3)29-26-17-11-12-18-27(26)30(31-29,24-13-7-5-8-14-24)25-15-9-6-10-16-25/h5-19H,1-4H3. The number of aryl methyl sites for hydroxylation is 2. The van der Waals surface area contributed by atoms with E-state index >= 15 is 0 Å². The zero-order valence-electron chi connectivity index (χ0n) is 18.6. The molecule has 5 rings (SSSR count). The molecule has 31 heavy (non-hydrogen) atoms. The number of aliphatic imine (C=N–C) groups is 1. The smallest absolute Gasteiger partial charge is 0.137 e.